The molecule has 0 aromatic carbocycles. The summed E-state index contributed by atoms with van der Waals surface area (Å²) < 4.78 is 85.7. The van der Waals surface area contributed by atoms with E-state index in [9.17, 15) is 31.1 Å². The van der Waals surface area contributed by atoms with Crippen molar-refractivity contribution >= 4 is 11.7 Å². The Morgan fingerprint density at radius 1 is 1.23 bits per heavy atom. The number of nitrogens with zero attached hydrogens (tertiary/aromatic N) is 1. The van der Waals surface area contributed by atoms with Crippen LogP contribution in [0.5, 0.6) is 5.88 Å². The number of aliphatic hydroxyl groups is 1. The molecule has 6 nitrogen and oxygen atoms in total. The Balaban J connectivity index is 0.00000841. The summed E-state index contributed by atoms with van der Waals surface area (Å²) in [5.41, 5.74) is 3.13. The molecule has 1 rings (SSSR count). The van der Waals surface area contributed by atoms with Crippen molar-refractivity contribution in [3.8, 4) is 5.88 Å². The summed E-state index contributed by atoms with van der Waals surface area (Å²) in [7, 11) is 1.01. The second kappa shape index (κ2) is 11.6. The van der Waals surface area contributed by atoms with Crippen molar-refractivity contribution in [2.75, 3.05) is 12.8 Å². The molecule has 1 atom stereocenters. The number of esters is 1. The van der Waals surface area contributed by atoms with Gasteiger partial charge in [-0.05, 0) is 25.8 Å². The van der Waals surface area contributed by atoms with Gasteiger partial charge < -0.3 is 20.3 Å². The SMILES string of the molecule is COC(=O)c1nc(O[C@H](C)CCCCC[C-](O)C(F)(F)F)c(C(F)(F)F)cc1N.[Co]. The molecule has 0 spiro atoms. The van der Waals surface area contributed by atoms with Crippen LogP contribution in [0.1, 0.15) is 55.1 Å². The number of methoxy groups -OCH3 is 1. The van der Waals surface area contributed by atoms with Crippen LogP contribution in [0.3, 0.4) is 0 Å². The van der Waals surface area contributed by atoms with Gasteiger partial charge in [-0.1, -0.05) is 18.9 Å². The standard InChI is InChI=1S/C17H21F6N2O4.Co/c1-9(6-4-3-5-7-12(26)17(21,22)23)29-14-10(16(18,19)20)8-11(24)13(25-14)15(27)28-2;/h8-9,26H,3-7,24H2,1-2H3;/q-1;/t9-;/m1./s1. The van der Waals surface area contributed by atoms with Crippen molar-refractivity contribution < 1.29 is 62.5 Å². The van der Waals surface area contributed by atoms with Crippen LogP contribution >= 0.6 is 0 Å². The maximum atomic E-state index is 13.2. The number of nitrogens with two attached hydrogens (primary N) is 1. The normalized spacial score (nSPS) is 13.0. The quantitative estimate of drug-likeness (QED) is 0.227. The molecule has 0 fully saturated rings. The Morgan fingerprint density at radius 2 is 1.83 bits per heavy atom. The Kier molecular flexibility index (Phi) is 10.9. The number of hydrogen-bond acceptors (Lipinski definition) is 6. The van der Waals surface area contributed by atoms with Crippen molar-refractivity contribution in [3.63, 3.8) is 0 Å². The molecule has 30 heavy (non-hydrogen) atoms. The summed E-state index contributed by atoms with van der Waals surface area (Å²) in [6.45, 7) is 1.45. The fourth-order valence-corrected chi connectivity index (χ4v) is 2.36. The zero-order valence-electron chi connectivity index (χ0n) is 16.0. The van der Waals surface area contributed by atoms with Gasteiger partial charge in [0.05, 0.1) is 18.9 Å². The Bertz CT molecular complexity index is 700. The average molecular weight is 490 g/mol. The van der Waals surface area contributed by atoms with Gasteiger partial charge in [0.25, 0.3) is 6.18 Å². The largest absolute Gasteiger partial charge is 0.554 e. The number of hydrogen-bond donors (Lipinski definition) is 2. The molecule has 175 valence electrons. The maximum absolute atomic E-state index is 13.2. The van der Waals surface area contributed by atoms with E-state index in [-0.39, 0.29) is 29.6 Å². The topological polar surface area (TPSA) is 94.7 Å². The summed E-state index contributed by atoms with van der Waals surface area (Å²) in [5, 5.41) is 8.81. The molecule has 1 aromatic heterocycles. The van der Waals surface area contributed by atoms with Crippen LogP contribution in [0.15, 0.2) is 6.07 Å². The molecule has 13 heteroatoms. The number of nitrogen functional groups attached to an aromatic ring is 1. The number of pyridine rings is 1. The second-order valence-electron chi connectivity index (χ2n) is 6.24. The van der Waals surface area contributed by atoms with E-state index >= 15 is 0 Å². The average Bonchev–Trinajstić information content (AvgIpc) is 2.60. The molecular formula is C17H21CoF6N2O4-. The van der Waals surface area contributed by atoms with E-state index in [1.807, 2.05) is 0 Å². The summed E-state index contributed by atoms with van der Waals surface area (Å²) in [4.78, 5) is 15.1. The monoisotopic (exact) mass is 490 g/mol. The molecule has 1 aromatic rings. The van der Waals surface area contributed by atoms with Gasteiger partial charge >= 0.3 is 12.1 Å². The number of rotatable bonds is 9. The molecule has 0 bridgehead atoms. The Labute approximate surface area is 179 Å². The first-order valence-corrected chi connectivity index (χ1v) is 8.52. The van der Waals surface area contributed by atoms with Gasteiger partial charge in [-0.3, -0.25) is 0 Å². The number of ether oxygens (including phenoxy) is 2. The van der Waals surface area contributed by atoms with Crippen LogP contribution in [0.25, 0.3) is 0 Å². The third-order valence-electron chi connectivity index (χ3n) is 3.87. The van der Waals surface area contributed by atoms with Gasteiger partial charge in [-0.15, -0.1) is 6.42 Å². The number of anilines is 1. The minimum Gasteiger partial charge on any atom is -0.554 e. The minimum atomic E-state index is -4.84. The molecule has 1 heterocycles. The molecule has 0 aliphatic heterocycles. The van der Waals surface area contributed by atoms with Crippen molar-refractivity contribution in [2.45, 2.75) is 57.5 Å². The van der Waals surface area contributed by atoms with Crippen LogP contribution in [0.4, 0.5) is 32.0 Å². The van der Waals surface area contributed by atoms with Gasteiger partial charge in [0.15, 0.2) is 5.69 Å². The van der Waals surface area contributed by atoms with E-state index in [0.29, 0.717) is 18.9 Å². The van der Waals surface area contributed by atoms with Gasteiger partial charge in [-0.25, -0.2) is 22.9 Å². The number of aromatic nitrogens is 1. The van der Waals surface area contributed by atoms with E-state index in [4.69, 9.17) is 15.6 Å². The number of unbranched alkanes of at least 4 members (excludes halogenated alkanes) is 2. The molecule has 0 aliphatic carbocycles. The minimum absolute atomic E-state index is 0. The fraction of sp³-hybridized carbons (Fsp3) is 0.588. The van der Waals surface area contributed by atoms with Gasteiger partial charge in [0.2, 0.25) is 5.88 Å². The summed E-state index contributed by atoms with van der Waals surface area (Å²) in [6, 6.07) is 0.525. The molecule has 3 N–H and O–H groups in total. The summed E-state index contributed by atoms with van der Waals surface area (Å²) in [5.74, 6) is -1.88. The molecule has 0 amide bonds. The fourth-order valence-electron chi connectivity index (χ4n) is 2.36. The Hall–Kier alpha value is -1.73. The van der Waals surface area contributed by atoms with Gasteiger partial charge in [0.1, 0.15) is 5.56 Å². The zero-order valence-corrected chi connectivity index (χ0v) is 17.0. The molecule has 0 saturated carbocycles. The first-order chi connectivity index (χ1) is 13.3. The number of carbonyl (C=O) groups excluding carboxylic acids is 1. The summed E-state index contributed by atoms with van der Waals surface area (Å²) >= 11 is 0. The number of carbonyl (C=O) groups is 1. The van der Waals surface area contributed by atoms with Crippen LogP contribution in [-0.4, -0.2) is 35.4 Å². The second-order valence-corrected chi connectivity index (χ2v) is 6.24. The van der Waals surface area contributed by atoms with E-state index in [1.165, 1.54) is 6.92 Å². The summed E-state index contributed by atoms with van der Waals surface area (Å²) in [6.07, 6.45) is -11.6. The predicted octanol–water partition coefficient (Wildman–Crippen LogP) is 4.65. The first-order valence-electron chi connectivity index (χ1n) is 8.52. The van der Waals surface area contributed by atoms with Gasteiger partial charge in [0, 0.05) is 16.8 Å². The van der Waals surface area contributed by atoms with Crippen LogP contribution < -0.4 is 10.5 Å². The Morgan fingerprint density at radius 3 is 2.33 bits per heavy atom. The van der Waals surface area contributed by atoms with E-state index in [1.54, 1.807) is 0 Å². The van der Waals surface area contributed by atoms with Crippen molar-refractivity contribution in [1.82, 2.24) is 4.98 Å². The van der Waals surface area contributed by atoms with Crippen LogP contribution in [0.2, 0.25) is 0 Å². The van der Waals surface area contributed by atoms with Gasteiger partial charge in [-0.2, -0.15) is 13.2 Å². The molecule has 0 aliphatic rings. The van der Waals surface area contributed by atoms with Crippen molar-refractivity contribution in [1.29, 1.82) is 0 Å². The van der Waals surface area contributed by atoms with Crippen molar-refractivity contribution in [3.05, 3.63) is 23.4 Å². The number of halogens is 6. The molecular weight excluding hydrogens is 469 g/mol. The van der Waals surface area contributed by atoms with E-state index in [2.05, 4.69) is 9.72 Å². The molecule has 1 radical (unpaired) electrons. The molecule has 0 unspecified atom stereocenters. The van der Waals surface area contributed by atoms with Crippen molar-refractivity contribution in [2.24, 2.45) is 0 Å². The number of alkyl halides is 6. The van der Waals surface area contributed by atoms with Crippen LogP contribution in [0, 0.1) is 6.10 Å². The maximum Gasteiger partial charge on any atom is 0.421 e. The smallest absolute Gasteiger partial charge is 0.421 e. The number of aliphatic hydroxyl groups excluding tert-OH is 1. The zero-order chi connectivity index (χ0) is 22.4. The third-order valence-corrected chi connectivity index (χ3v) is 3.87. The predicted molar refractivity (Wildman–Crippen MR) is 89.4 cm³/mol. The third kappa shape index (κ3) is 8.56. The van der Waals surface area contributed by atoms with Crippen LogP contribution in [-0.2, 0) is 27.7 Å². The van der Waals surface area contributed by atoms with E-state index in [0.717, 1.165) is 7.11 Å². The van der Waals surface area contributed by atoms with E-state index < -0.39 is 59.8 Å². The first kappa shape index (κ1) is 28.3. The molecule has 0 saturated heterocycles.